The molecule has 3 fully saturated rings. The standard InChI is InChI=1S/C33H54N6O7/c1-10-18-23(33(18,8)9)24(28(44)35-19(15-17-11-12-17)25(42)27(34)43)37-29(45)26(32(5,6)7)38-30(46)36-20(31(2,3)4)16-39-21(40)13-14-22(39)41/h17-20,23-24,26H,10-16H2,1-9H3,(H2,34,43)(H,35,44)(H,37,45)(H2,36,38,46)/t18-,19?,20+,23-,24-,26+/m0/s1. The molecular weight excluding hydrogens is 592 g/mol. The van der Waals surface area contributed by atoms with E-state index in [0.29, 0.717) is 6.42 Å². The summed E-state index contributed by atoms with van der Waals surface area (Å²) in [6, 6.07) is -4.46. The minimum atomic E-state index is -1.13. The number of nitrogens with zero attached hydrogens (tertiary/aromatic N) is 1. The van der Waals surface area contributed by atoms with Gasteiger partial charge in [-0.05, 0) is 40.4 Å². The average molecular weight is 647 g/mol. The van der Waals surface area contributed by atoms with Gasteiger partial charge >= 0.3 is 6.03 Å². The number of primary amides is 1. The number of imide groups is 1. The lowest BCUT2D eigenvalue weighted by Gasteiger charge is -2.36. The van der Waals surface area contributed by atoms with E-state index in [1.807, 2.05) is 41.5 Å². The summed E-state index contributed by atoms with van der Waals surface area (Å²) < 4.78 is 0. The average Bonchev–Trinajstić information content (AvgIpc) is 3.81. The minimum Gasteiger partial charge on any atom is -0.363 e. The van der Waals surface area contributed by atoms with Crippen molar-refractivity contribution in [2.45, 2.75) is 125 Å². The monoisotopic (exact) mass is 646 g/mol. The van der Waals surface area contributed by atoms with Crippen molar-refractivity contribution in [1.29, 1.82) is 0 Å². The molecule has 258 valence electrons. The van der Waals surface area contributed by atoms with Crippen LogP contribution >= 0.6 is 0 Å². The molecule has 0 aromatic carbocycles. The molecule has 0 aromatic heterocycles. The van der Waals surface area contributed by atoms with Gasteiger partial charge in [-0.3, -0.25) is 33.7 Å². The van der Waals surface area contributed by atoms with Gasteiger partial charge in [-0.1, -0.05) is 81.6 Å². The van der Waals surface area contributed by atoms with E-state index >= 15 is 0 Å². The predicted molar refractivity (Wildman–Crippen MR) is 171 cm³/mol. The second kappa shape index (κ2) is 13.7. The third-order valence-corrected chi connectivity index (χ3v) is 9.93. The molecule has 7 amide bonds. The smallest absolute Gasteiger partial charge is 0.315 e. The summed E-state index contributed by atoms with van der Waals surface area (Å²) in [4.78, 5) is 91.3. The van der Waals surface area contributed by atoms with E-state index < -0.39 is 64.5 Å². The Morgan fingerprint density at radius 2 is 1.43 bits per heavy atom. The van der Waals surface area contributed by atoms with E-state index in [4.69, 9.17) is 5.73 Å². The molecule has 0 radical (unpaired) electrons. The zero-order valence-corrected chi connectivity index (χ0v) is 28.9. The summed E-state index contributed by atoms with van der Waals surface area (Å²) in [5.41, 5.74) is 3.68. The van der Waals surface area contributed by atoms with E-state index in [1.54, 1.807) is 20.8 Å². The fraction of sp³-hybridized carbons (Fsp3) is 0.788. The molecule has 1 heterocycles. The number of carbonyl (C=O) groups excluding carboxylic acids is 7. The summed E-state index contributed by atoms with van der Waals surface area (Å²) >= 11 is 0. The first kappa shape index (κ1) is 37.0. The molecule has 13 nitrogen and oxygen atoms in total. The van der Waals surface area contributed by atoms with Crippen LogP contribution in [0.25, 0.3) is 0 Å². The summed E-state index contributed by atoms with van der Waals surface area (Å²) in [5.74, 6) is -3.65. The van der Waals surface area contributed by atoms with Crippen LogP contribution in [0.1, 0.15) is 101 Å². The highest BCUT2D eigenvalue weighted by Crippen LogP contribution is 2.61. The lowest BCUT2D eigenvalue weighted by molar-refractivity contribution is -0.139. The van der Waals surface area contributed by atoms with E-state index in [9.17, 15) is 33.6 Å². The molecule has 3 aliphatic rings. The number of hydrogen-bond acceptors (Lipinski definition) is 7. The quantitative estimate of drug-likeness (QED) is 0.140. The van der Waals surface area contributed by atoms with Crippen molar-refractivity contribution in [2.24, 2.45) is 39.7 Å². The Bertz CT molecular complexity index is 1230. The van der Waals surface area contributed by atoms with Crippen LogP contribution in [-0.2, 0) is 28.8 Å². The van der Waals surface area contributed by atoms with E-state index in [1.165, 1.54) is 0 Å². The van der Waals surface area contributed by atoms with Crippen LogP contribution < -0.4 is 27.0 Å². The zero-order valence-electron chi connectivity index (χ0n) is 28.9. The van der Waals surface area contributed by atoms with Gasteiger partial charge < -0.3 is 27.0 Å². The first-order valence-corrected chi connectivity index (χ1v) is 16.4. The van der Waals surface area contributed by atoms with Gasteiger partial charge in [0.15, 0.2) is 0 Å². The molecule has 0 aromatic rings. The molecule has 1 aliphatic heterocycles. The largest absolute Gasteiger partial charge is 0.363 e. The number of nitrogens with one attached hydrogen (secondary N) is 4. The van der Waals surface area contributed by atoms with E-state index in [2.05, 4.69) is 21.3 Å². The van der Waals surface area contributed by atoms with Gasteiger partial charge in [0.25, 0.3) is 5.91 Å². The molecule has 1 saturated heterocycles. The number of ketones is 1. The van der Waals surface area contributed by atoms with Crippen molar-refractivity contribution >= 4 is 41.4 Å². The maximum Gasteiger partial charge on any atom is 0.315 e. The van der Waals surface area contributed by atoms with Crippen LogP contribution in [-0.4, -0.2) is 77.0 Å². The Labute approximate surface area is 272 Å². The van der Waals surface area contributed by atoms with Crippen molar-refractivity contribution in [3.63, 3.8) is 0 Å². The normalized spacial score (nSPS) is 23.5. The van der Waals surface area contributed by atoms with Gasteiger partial charge in [0, 0.05) is 19.4 Å². The van der Waals surface area contributed by atoms with Crippen LogP contribution in [0.2, 0.25) is 0 Å². The Morgan fingerprint density at radius 1 is 0.870 bits per heavy atom. The zero-order chi connectivity index (χ0) is 34.9. The second-order valence-electron chi connectivity index (χ2n) is 16.1. The van der Waals surface area contributed by atoms with Crippen molar-refractivity contribution < 1.29 is 33.6 Å². The Hall–Kier alpha value is -3.51. The molecule has 6 atom stereocenters. The van der Waals surface area contributed by atoms with Crippen LogP contribution in [0.3, 0.4) is 0 Å². The van der Waals surface area contributed by atoms with Gasteiger partial charge in [-0.2, -0.15) is 0 Å². The third-order valence-electron chi connectivity index (χ3n) is 9.93. The van der Waals surface area contributed by atoms with Gasteiger partial charge in [0.1, 0.15) is 12.1 Å². The van der Waals surface area contributed by atoms with Gasteiger partial charge in [-0.15, -0.1) is 0 Å². The van der Waals surface area contributed by atoms with Crippen LogP contribution in [0, 0.1) is 34.0 Å². The number of carbonyl (C=O) groups is 7. The first-order chi connectivity index (χ1) is 21.1. The Kier molecular flexibility index (Phi) is 11.0. The Morgan fingerprint density at radius 3 is 1.87 bits per heavy atom. The fourth-order valence-corrected chi connectivity index (χ4v) is 6.69. The maximum absolute atomic E-state index is 14.0. The summed E-state index contributed by atoms with van der Waals surface area (Å²) in [6.45, 7) is 17.0. The number of amides is 7. The topological polar surface area (TPSA) is 197 Å². The number of nitrogens with two attached hydrogens (primary N) is 1. The minimum absolute atomic E-state index is 0.00439. The van der Waals surface area contributed by atoms with Crippen molar-refractivity contribution in [3.05, 3.63) is 0 Å². The van der Waals surface area contributed by atoms with Gasteiger partial charge in [0.2, 0.25) is 29.4 Å². The first-order valence-electron chi connectivity index (χ1n) is 16.4. The van der Waals surface area contributed by atoms with Gasteiger partial charge in [-0.25, -0.2) is 4.79 Å². The number of likely N-dealkylation sites (tertiary alicyclic amines) is 1. The van der Waals surface area contributed by atoms with Crippen molar-refractivity contribution in [2.75, 3.05) is 6.54 Å². The highest BCUT2D eigenvalue weighted by atomic mass is 16.2. The third kappa shape index (κ3) is 8.85. The highest BCUT2D eigenvalue weighted by molar-refractivity contribution is 6.37. The summed E-state index contributed by atoms with van der Waals surface area (Å²) in [6.07, 6.45) is 3.13. The number of hydrogen-bond donors (Lipinski definition) is 5. The van der Waals surface area contributed by atoms with Crippen molar-refractivity contribution in [3.8, 4) is 0 Å². The lowest BCUT2D eigenvalue weighted by atomic mass is 9.85. The van der Waals surface area contributed by atoms with E-state index in [-0.39, 0.29) is 54.4 Å². The van der Waals surface area contributed by atoms with Crippen LogP contribution in [0.4, 0.5) is 4.79 Å². The van der Waals surface area contributed by atoms with Crippen molar-refractivity contribution in [1.82, 2.24) is 26.2 Å². The molecule has 2 aliphatic carbocycles. The highest BCUT2D eigenvalue weighted by Gasteiger charge is 2.62. The molecule has 0 spiro atoms. The molecule has 2 saturated carbocycles. The van der Waals surface area contributed by atoms with Crippen LogP contribution in [0.15, 0.2) is 0 Å². The molecule has 0 bridgehead atoms. The molecule has 6 N–H and O–H groups in total. The lowest BCUT2D eigenvalue weighted by Crippen LogP contribution is -2.62. The van der Waals surface area contributed by atoms with E-state index in [0.717, 1.165) is 24.2 Å². The molecule has 13 heteroatoms. The Balaban J connectivity index is 1.81. The molecule has 46 heavy (non-hydrogen) atoms. The SMILES string of the molecule is CC[C@H]1[C@@H]([C@H](NC(=O)[C@@H](NC(=O)N[C@H](CN2C(=O)CCC2=O)C(C)(C)C)C(C)(C)C)C(=O)NC(CC2CC2)C(=O)C(N)=O)C1(C)C. The molecular formula is C33H54N6O7. The molecule has 1 unspecified atom stereocenters. The number of Topliss-reactive ketones (excluding diaryl/α,β-unsaturated/α-hetero) is 1. The van der Waals surface area contributed by atoms with Crippen LogP contribution in [0.5, 0.6) is 0 Å². The van der Waals surface area contributed by atoms with Gasteiger partial charge in [0.05, 0.1) is 12.1 Å². The summed E-state index contributed by atoms with van der Waals surface area (Å²) in [7, 11) is 0. The maximum atomic E-state index is 14.0. The second-order valence-corrected chi connectivity index (χ2v) is 16.1. The number of rotatable bonds is 14. The number of urea groups is 1. The fourth-order valence-electron chi connectivity index (χ4n) is 6.69. The predicted octanol–water partition coefficient (Wildman–Crippen LogP) is 1.77. The summed E-state index contributed by atoms with van der Waals surface area (Å²) in [5, 5.41) is 11.2. The molecule has 3 rings (SSSR count).